The predicted molar refractivity (Wildman–Crippen MR) is 88.9 cm³/mol. The molecule has 6 heteroatoms. The molecule has 2 heterocycles. The normalized spacial score (nSPS) is 19.0. The minimum Gasteiger partial charge on any atom is -0.308 e. The van der Waals surface area contributed by atoms with Crippen molar-refractivity contribution in [1.29, 1.82) is 0 Å². The van der Waals surface area contributed by atoms with Crippen molar-refractivity contribution >= 4 is 20.7 Å². The number of fused-ring (bicyclic) bond motifs is 1. The first kappa shape index (κ1) is 15.5. The van der Waals surface area contributed by atoms with Crippen LogP contribution in [0, 0.1) is 0 Å². The molecule has 0 saturated carbocycles. The first-order valence-corrected chi connectivity index (χ1v) is 9.57. The average molecular weight is 321 g/mol. The number of likely N-dealkylation sites (N-methyl/N-ethyl adjacent to an activating group) is 1. The first-order chi connectivity index (χ1) is 10.4. The second-order valence-corrected chi connectivity index (χ2v) is 8.72. The molecule has 0 atom stereocenters. The zero-order valence-corrected chi connectivity index (χ0v) is 14.0. The minimum absolute atomic E-state index is 0.315. The summed E-state index contributed by atoms with van der Waals surface area (Å²) in [4.78, 5) is 2.14. The highest BCUT2D eigenvalue weighted by molar-refractivity contribution is 7.91. The fourth-order valence-electron chi connectivity index (χ4n) is 3.04. The van der Waals surface area contributed by atoms with Gasteiger partial charge in [0.2, 0.25) is 0 Å². The third kappa shape index (κ3) is 3.33. The number of aromatic nitrogens is 2. The lowest BCUT2D eigenvalue weighted by Crippen LogP contribution is -2.22. The second-order valence-electron chi connectivity index (χ2n) is 6.42. The maximum Gasteiger partial charge on any atom is 0.150 e. The molecule has 5 nitrogen and oxygen atoms in total. The van der Waals surface area contributed by atoms with Gasteiger partial charge in [0.15, 0.2) is 0 Å². The first-order valence-electron chi connectivity index (χ1n) is 7.75. The van der Waals surface area contributed by atoms with Crippen LogP contribution in [0.3, 0.4) is 0 Å². The molecule has 3 rings (SSSR count). The third-order valence-corrected chi connectivity index (χ3v) is 6.17. The van der Waals surface area contributed by atoms with Crippen LogP contribution in [0.25, 0.3) is 10.9 Å². The summed E-state index contributed by atoms with van der Waals surface area (Å²) < 4.78 is 25.2. The van der Waals surface area contributed by atoms with Gasteiger partial charge in [-0.3, -0.25) is 4.68 Å². The molecule has 1 aromatic heterocycles. The van der Waals surface area contributed by atoms with Gasteiger partial charge in [0.1, 0.15) is 9.84 Å². The largest absolute Gasteiger partial charge is 0.308 e. The molecule has 0 aliphatic carbocycles. The molecule has 22 heavy (non-hydrogen) atoms. The van der Waals surface area contributed by atoms with Gasteiger partial charge in [0.05, 0.1) is 29.8 Å². The zero-order valence-electron chi connectivity index (χ0n) is 13.2. The number of rotatable bonds is 4. The lowest BCUT2D eigenvalue weighted by molar-refractivity contribution is 0.377. The monoisotopic (exact) mass is 321 g/mol. The van der Waals surface area contributed by atoms with Gasteiger partial charge in [-0.1, -0.05) is 12.1 Å². The third-order valence-electron chi connectivity index (χ3n) is 4.45. The average Bonchev–Trinajstić information content (AvgIpc) is 2.87. The van der Waals surface area contributed by atoms with Crippen molar-refractivity contribution in [3.63, 3.8) is 0 Å². The predicted octanol–water partition coefficient (Wildman–Crippen LogP) is 1.89. The SMILES string of the molecule is CN(C)CCn1ncc2ccc(C3CCS(=O)(=O)CC3)cc21. The summed E-state index contributed by atoms with van der Waals surface area (Å²) >= 11 is 0. The maximum absolute atomic E-state index is 11.6. The van der Waals surface area contributed by atoms with Crippen LogP contribution < -0.4 is 0 Å². The Bertz CT molecular complexity index is 751. The van der Waals surface area contributed by atoms with E-state index < -0.39 is 9.84 Å². The van der Waals surface area contributed by atoms with Crippen LogP contribution in [0.1, 0.15) is 24.3 Å². The number of sulfone groups is 1. The summed E-state index contributed by atoms with van der Waals surface area (Å²) in [6.45, 7) is 1.81. The van der Waals surface area contributed by atoms with Gasteiger partial charge in [-0.2, -0.15) is 5.10 Å². The molecule has 0 spiro atoms. The lowest BCUT2D eigenvalue weighted by atomic mass is 9.93. The van der Waals surface area contributed by atoms with Crippen LogP contribution in [0.2, 0.25) is 0 Å². The Labute approximate surface area is 131 Å². The van der Waals surface area contributed by atoms with Crippen molar-refractivity contribution in [3.8, 4) is 0 Å². The number of hydrogen-bond acceptors (Lipinski definition) is 4. The van der Waals surface area contributed by atoms with Gasteiger partial charge < -0.3 is 4.90 Å². The summed E-state index contributed by atoms with van der Waals surface area (Å²) in [5.41, 5.74) is 2.39. The van der Waals surface area contributed by atoms with E-state index in [1.54, 1.807) is 0 Å². The molecule has 0 radical (unpaired) electrons. The van der Waals surface area contributed by atoms with Gasteiger partial charge in [-0.05, 0) is 44.5 Å². The smallest absolute Gasteiger partial charge is 0.150 e. The van der Waals surface area contributed by atoms with E-state index in [2.05, 4.69) is 42.3 Å². The summed E-state index contributed by atoms with van der Waals surface area (Å²) in [5, 5.41) is 5.62. The number of benzene rings is 1. The van der Waals surface area contributed by atoms with Crippen LogP contribution in [-0.4, -0.2) is 55.2 Å². The standard InChI is InChI=1S/C16H23N3O2S/c1-18(2)7-8-19-16-11-14(3-4-15(16)12-17-19)13-5-9-22(20,21)10-6-13/h3-4,11-13H,5-10H2,1-2H3. The van der Waals surface area contributed by atoms with E-state index in [9.17, 15) is 8.42 Å². The fraction of sp³-hybridized carbons (Fsp3) is 0.562. The van der Waals surface area contributed by atoms with Crippen molar-refractivity contribution in [2.24, 2.45) is 0 Å². The molecule has 1 fully saturated rings. The molecule has 1 aliphatic heterocycles. The highest BCUT2D eigenvalue weighted by atomic mass is 32.2. The van der Waals surface area contributed by atoms with Crippen molar-refractivity contribution < 1.29 is 8.42 Å². The van der Waals surface area contributed by atoms with Crippen LogP contribution >= 0.6 is 0 Å². The quantitative estimate of drug-likeness (QED) is 0.863. The molecule has 1 aromatic carbocycles. The maximum atomic E-state index is 11.6. The summed E-state index contributed by atoms with van der Waals surface area (Å²) in [6.07, 6.45) is 3.37. The molecule has 0 unspecified atom stereocenters. The Balaban J connectivity index is 1.84. The summed E-state index contributed by atoms with van der Waals surface area (Å²) in [7, 11) is 1.31. The van der Waals surface area contributed by atoms with Crippen LogP contribution in [0.15, 0.2) is 24.4 Å². The zero-order chi connectivity index (χ0) is 15.7. The van der Waals surface area contributed by atoms with Crippen LogP contribution in [0.4, 0.5) is 0 Å². The molecule has 2 aromatic rings. The van der Waals surface area contributed by atoms with Crippen molar-refractivity contribution in [3.05, 3.63) is 30.0 Å². The Kier molecular flexibility index (Phi) is 4.23. The topological polar surface area (TPSA) is 55.2 Å². The second kappa shape index (κ2) is 6.01. The van der Waals surface area contributed by atoms with Gasteiger partial charge in [-0.25, -0.2) is 8.42 Å². The summed E-state index contributed by atoms with van der Waals surface area (Å²) in [5.74, 6) is 0.982. The van der Waals surface area contributed by atoms with Crippen molar-refractivity contribution in [2.75, 3.05) is 32.1 Å². The Morgan fingerprint density at radius 1 is 1.27 bits per heavy atom. The Morgan fingerprint density at radius 2 is 2.00 bits per heavy atom. The van der Waals surface area contributed by atoms with E-state index in [0.29, 0.717) is 17.4 Å². The molecule has 0 bridgehead atoms. The molecule has 120 valence electrons. The molecule has 1 aliphatic rings. The van der Waals surface area contributed by atoms with Crippen molar-refractivity contribution in [1.82, 2.24) is 14.7 Å². The minimum atomic E-state index is -2.80. The van der Waals surface area contributed by atoms with Gasteiger partial charge in [0.25, 0.3) is 0 Å². The van der Waals surface area contributed by atoms with Gasteiger partial charge in [0, 0.05) is 11.9 Å². The van der Waals surface area contributed by atoms with E-state index in [0.717, 1.165) is 36.8 Å². The van der Waals surface area contributed by atoms with E-state index in [-0.39, 0.29) is 0 Å². The molecule has 0 N–H and O–H groups in total. The highest BCUT2D eigenvalue weighted by Gasteiger charge is 2.25. The summed E-state index contributed by atoms with van der Waals surface area (Å²) in [6, 6.07) is 6.43. The van der Waals surface area contributed by atoms with Crippen LogP contribution in [0.5, 0.6) is 0 Å². The molecular formula is C16H23N3O2S. The van der Waals surface area contributed by atoms with Crippen LogP contribution in [-0.2, 0) is 16.4 Å². The van der Waals surface area contributed by atoms with Crippen molar-refractivity contribution in [2.45, 2.75) is 25.3 Å². The highest BCUT2D eigenvalue weighted by Crippen LogP contribution is 2.31. The fourth-order valence-corrected chi connectivity index (χ4v) is 4.53. The number of nitrogens with zero attached hydrogens (tertiary/aromatic N) is 3. The lowest BCUT2D eigenvalue weighted by Gasteiger charge is -2.22. The van der Waals surface area contributed by atoms with E-state index in [1.165, 1.54) is 5.56 Å². The number of hydrogen-bond donors (Lipinski definition) is 0. The Morgan fingerprint density at radius 3 is 2.68 bits per heavy atom. The van der Waals surface area contributed by atoms with E-state index >= 15 is 0 Å². The molecular weight excluding hydrogens is 298 g/mol. The van der Waals surface area contributed by atoms with E-state index in [1.807, 2.05) is 10.9 Å². The Hall–Kier alpha value is -1.40. The van der Waals surface area contributed by atoms with Gasteiger partial charge in [-0.15, -0.1) is 0 Å². The molecule has 0 amide bonds. The van der Waals surface area contributed by atoms with E-state index in [4.69, 9.17) is 0 Å². The van der Waals surface area contributed by atoms with Gasteiger partial charge >= 0.3 is 0 Å². The molecule has 1 saturated heterocycles.